The summed E-state index contributed by atoms with van der Waals surface area (Å²) in [6, 6.07) is 7.65. The zero-order valence-corrected chi connectivity index (χ0v) is 11.0. The topological polar surface area (TPSA) is 46.6 Å². The molecular formula is C15H17NO3. The Balaban J connectivity index is 1.97. The Morgan fingerprint density at radius 2 is 2.21 bits per heavy atom. The Labute approximate surface area is 112 Å². The average molecular weight is 259 g/mol. The Kier molecular flexibility index (Phi) is 4.34. The molecule has 1 aromatic rings. The van der Waals surface area contributed by atoms with E-state index in [0.29, 0.717) is 19.7 Å². The molecule has 1 aromatic carbocycles. The molecule has 0 N–H and O–H groups in total. The van der Waals surface area contributed by atoms with Crippen LogP contribution in [-0.2, 0) is 16.0 Å². The van der Waals surface area contributed by atoms with E-state index in [1.165, 1.54) is 6.08 Å². The number of nitrogens with zero attached hydrogens (tertiary/aromatic N) is 1. The zero-order chi connectivity index (χ0) is 13.7. The lowest BCUT2D eigenvalue weighted by Crippen LogP contribution is -2.37. The third-order valence-corrected chi connectivity index (χ3v) is 3.05. The summed E-state index contributed by atoms with van der Waals surface area (Å²) >= 11 is 0. The predicted octanol–water partition coefficient (Wildman–Crippen LogP) is 1.80. The number of hydrogen-bond acceptors (Lipinski definition) is 3. The second kappa shape index (κ2) is 6.18. The first-order valence-corrected chi connectivity index (χ1v) is 6.43. The molecule has 0 fully saturated rings. The lowest BCUT2D eigenvalue weighted by Gasteiger charge is -2.27. The van der Waals surface area contributed by atoms with Crippen LogP contribution in [-0.4, -0.2) is 36.5 Å². The fourth-order valence-corrected chi connectivity index (χ4v) is 2.11. The van der Waals surface area contributed by atoms with E-state index in [-0.39, 0.29) is 11.9 Å². The van der Waals surface area contributed by atoms with Crippen molar-refractivity contribution in [2.24, 2.45) is 0 Å². The summed E-state index contributed by atoms with van der Waals surface area (Å²) in [5.74, 6) is -0.345. The lowest BCUT2D eigenvalue weighted by atomic mass is 9.99. The van der Waals surface area contributed by atoms with Crippen molar-refractivity contribution < 1.29 is 14.3 Å². The van der Waals surface area contributed by atoms with E-state index in [9.17, 15) is 9.59 Å². The average Bonchev–Trinajstić information content (AvgIpc) is 2.42. The van der Waals surface area contributed by atoms with Gasteiger partial charge >= 0.3 is 5.97 Å². The van der Waals surface area contributed by atoms with Crippen LogP contribution in [0.5, 0.6) is 0 Å². The number of ether oxygens (including phenoxy) is 1. The molecule has 0 saturated heterocycles. The fourth-order valence-electron chi connectivity index (χ4n) is 2.11. The van der Waals surface area contributed by atoms with Gasteiger partial charge in [-0.2, -0.15) is 0 Å². The van der Waals surface area contributed by atoms with E-state index in [1.807, 2.05) is 24.3 Å². The van der Waals surface area contributed by atoms with Gasteiger partial charge in [0, 0.05) is 24.7 Å². The summed E-state index contributed by atoms with van der Waals surface area (Å²) in [5, 5.41) is 0. The molecule has 19 heavy (non-hydrogen) atoms. The van der Waals surface area contributed by atoms with Crippen molar-refractivity contribution in [3.63, 3.8) is 0 Å². The normalized spacial score (nSPS) is 14.6. The summed E-state index contributed by atoms with van der Waals surface area (Å²) in [5.41, 5.74) is 1.86. The quantitative estimate of drug-likeness (QED) is 0.612. The molecule has 0 radical (unpaired) electrons. The number of benzene rings is 1. The van der Waals surface area contributed by atoms with Crippen LogP contribution >= 0.6 is 0 Å². The smallest absolute Gasteiger partial charge is 0.330 e. The van der Waals surface area contributed by atoms with Gasteiger partial charge in [0.25, 0.3) is 5.91 Å². The third kappa shape index (κ3) is 3.22. The minimum Gasteiger partial charge on any atom is -0.463 e. The lowest BCUT2D eigenvalue weighted by molar-refractivity contribution is -0.137. The number of fused-ring (bicyclic) bond motifs is 1. The Morgan fingerprint density at radius 3 is 3.00 bits per heavy atom. The van der Waals surface area contributed by atoms with E-state index < -0.39 is 0 Å². The minimum absolute atomic E-state index is 0.0235. The molecule has 4 nitrogen and oxygen atoms in total. The van der Waals surface area contributed by atoms with Crippen LogP contribution in [0, 0.1) is 0 Å². The van der Waals surface area contributed by atoms with Crippen LogP contribution < -0.4 is 0 Å². The summed E-state index contributed by atoms with van der Waals surface area (Å²) in [4.78, 5) is 25.1. The number of amides is 1. The number of carbonyl (C=O) groups is 2. The van der Waals surface area contributed by atoms with Crippen LogP contribution in [0.15, 0.2) is 36.4 Å². The Bertz CT molecular complexity index is 508. The molecule has 100 valence electrons. The van der Waals surface area contributed by atoms with Gasteiger partial charge in [0.05, 0.1) is 6.61 Å². The standard InChI is InChI=1S/C15H17NO3/c1-2-19-14(17)8-5-10-16-11-9-12-6-3-4-7-13(12)15(16)18/h3-8H,2,9-11H2,1H3/b8-5+. The molecule has 2 rings (SSSR count). The summed E-state index contributed by atoms with van der Waals surface area (Å²) in [6.45, 7) is 3.24. The first-order valence-electron chi connectivity index (χ1n) is 6.43. The summed E-state index contributed by atoms with van der Waals surface area (Å²) in [6.07, 6.45) is 3.90. The predicted molar refractivity (Wildman–Crippen MR) is 71.8 cm³/mol. The van der Waals surface area contributed by atoms with E-state index in [1.54, 1.807) is 17.9 Å². The van der Waals surface area contributed by atoms with Crippen molar-refractivity contribution in [3.05, 3.63) is 47.5 Å². The van der Waals surface area contributed by atoms with Crippen molar-refractivity contribution in [1.82, 2.24) is 4.90 Å². The van der Waals surface area contributed by atoms with Crippen LogP contribution in [0.2, 0.25) is 0 Å². The van der Waals surface area contributed by atoms with Crippen LogP contribution in [0.25, 0.3) is 0 Å². The van der Waals surface area contributed by atoms with E-state index in [4.69, 9.17) is 4.74 Å². The first-order chi connectivity index (χ1) is 9.22. The monoisotopic (exact) mass is 259 g/mol. The molecule has 1 heterocycles. The number of carbonyl (C=O) groups excluding carboxylic acids is 2. The van der Waals surface area contributed by atoms with Gasteiger partial charge < -0.3 is 9.64 Å². The first kappa shape index (κ1) is 13.3. The fraction of sp³-hybridized carbons (Fsp3) is 0.333. The maximum absolute atomic E-state index is 12.2. The van der Waals surface area contributed by atoms with Gasteiger partial charge in [-0.25, -0.2) is 4.79 Å². The number of hydrogen-bond donors (Lipinski definition) is 0. The second-order valence-corrected chi connectivity index (χ2v) is 4.31. The molecule has 0 bridgehead atoms. The SMILES string of the molecule is CCOC(=O)/C=C/CN1CCc2ccccc2C1=O. The van der Waals surface area contributed by atoms with Crippen LogP contribution in [0.3, 0.4) is 0 Å². The minimum atomic E-state index is -0.368. The molecule has 4 heteroatoms. The van der Waals surface area contributed by atoms with Gasteiger partial charge in [-0.3, -0.25) is 4.79 Å². The van der Waals surface area contributed by atoms with Gasteiger partial charge in [0.2, 0.25) is 0 Å². The van der Waals surface area contributed by atoms with Gasteiger partial charge in [-0.05, 0) is 25.0 Å². The maximum Gasteiger partial charge on any atom is 0.330 e. The molecule has 0 unspecified atom stereocenters. The van der Waals surface area contributed by atoms with Crippen molar-refractivity contribution >= 4 is 11.9 Å². The molecule has 0 atom stereocenters. The summed E-state index contributed by atoms with van der Waals surface area (Å²) < 4.78 is 4.79. The highest BCUT2D eigenvalue weighted by molar-refractivity contribution is 5.96. The van der Waals surface area contributed by atoms with Gasteiger partial charge in [-0.1, -0.05) is 24.3 Å². The number of esters is 1. The van der Waals surface area contributed by atoms with E-state index in [2.05, 4.69) is 0 Å². The van der Waals surface area contributed by atoms with Crippen LogP contribution in [0.1, 0.15) is 22.8 Å². The maximum atomic E-state index is 12.2. The molecular weight excluding hydrogens is 242 g/mol. The number of rotatable bonds is 4. The molecule has 0 saturated carbocycles. The molecule has 0 aliphatic carbocycles. The van der Waals surface area contributed by atoms with Crippen LogP contribution in [0.4, 0.5) is 0 Å². The highest BCUT2D eigenvalue weighted by atomic mass is 16.5. The van der Waals surface area contributed by atoms with Crippen molar-refractivity contribution in [2.45, 2.75) is 13.3 Å². The molecule has 0 aromatic heterocycles. The third-order valence-electron chi connectivity index (χ3n) is 3.05. The molecule has 1 aliphatic heterocycles. The Hall–Kier alpha value is -2.10. The Morgan fingerprint density at radius 1 is 1.42 bits per heavy atom. The van der Waals surface area contributed by atoms with E-state index >= 15 is 0 Å². The van der Waals surface area contributed by atoms with Crippen molar-refractivity contribution in [1.29, 1.82) is 0 Å². The van der Waals surface area contributed by atoms with Crippen molar-refractivity contribution in [2.75, 3.05) is 19.7 Å². The van der Waals surface area contributed by atoms with Gasteiger partial charge in [0.1, 0.15) is 0 Å². The zero-order valence-electron chi connectivity index (χ0n) is 11.0. The van der Waals surface area contributed by atoms with Crippen molar-refractivity contribution in [3.8, 4) is 0 Å². The highest BCUT2D eigenvalue weighted by Crippen LogP contribution is 2.18. The van der Waals surface area contributed by atoms with E-state index in [0.717, 1.165) is 17.5 Å². The molecule has 1 aliphatic rings. The largest absolute Gasteiger partial charge is 0.463 e. The van der Waals surface area contributed by atoms with Gasteiger partial charge in [-0.15, -0.1) is 0 Å². The second-order valence-electron chi connectivity index (χ2n) is 4.31. The summed E-state index contributed by atoms with van der Waals surface area (Å²) in [7, 11) is 0. The molecule has 0 spiro atoms. The molecule has 1 amide bonds. The van der Waals surface area contributed by atoms with Gasteiger partial charge in [0.15, 0.2) is 0 Å². The highest BCUT2D eigenvalue weighted by Gasteiger charge is 2.22.